The Balaban J connectivity index is 3.11. The van der Waals surface area contributed by atoms with Crippen LogP contribution in [-0.4, -0.2) is 69.6 Å². The summed E-state index contributed by atoms with van der Waals surface area (Å²) < 4.78 is 0. The van der Waals surface area contributed by atoms with Crippen LogP contribution in [-0.2, 0) is 25.6 Å². The van der Waals surface area contributed by atoms with Crippen molar-refractivity contribution in [3.63, 3.8) is 0 Å². The van der Waals surface area contributed by atoms with Crippen LogP contribution in [0.5, 0.6) is 5.75 Å². The summed E-state index contributed by atoms with van der Waals surface area (Å²) in [6, 6.07) is 1.76. The minimum Gasteiger partial charge on any atom is -0.508 e. The van der Waals surface area contributed by atoms with Gasteiger partial charge in [0.05, 0.1) is 6.04 Å². The zero-order valence-electron chi connectivity index (χ0n) is 18.5. The van der Waals surface area contributed by atoms with E-state index < -0.39 is 47.9 Å². The number of phenolic OH excluding ortho intramolecular Hbond substituents is 1. The number of hydrogen-bond donors (Lipinski definition) is 8. The second kappa shape index (κ2) is 14.0. The summed E-state index contributed by atoms with van der Waals surface area (Å²) in [5.74, 6) is -3.13. The van der Waals surface area contributed by atoms with Crippen LogP contribution in [0.3, 0.4) is 0 Å². The van der Waals surface area contributed by atoms with E-state index in [9.17, 15) is 29.4 Å². The summed E-state index contributed by atoms with van der Waals surface area (Å²) in [5.41, 5.74) is 6.31. The summed E-state index contributed by atoms with van der Waals surface area (Å²) in [6.45, 7) is 3.74. The van der Waals surface area contributed by atoms with Crippen LogP contribution in [0.4, 0.5) is 0 Å². The SMILES string of the molecule is CC(C)CC(NC(=O)C(N)CS)C(=O)NC(Cc1ccc(O)cc1)C(=O)NC(CS)C(=O)O. The third kappa shape index (κ3) is 9.93. The molecule has 3 amide bonds. The lowest BCUT2D eigenvalue weighted by Gasteiger charge is -2.26. The van der Waals surface area contributed by atoms with Crippen LogP contribution in [0.15, 0.2) is 24.3 Å². The number of rotatable bonds is 13. The number of aliphatic carboxylic acids is 1. The van der Waals surface area contributed by atoms with Gasteiger partial charge in [0.1, 0.15) is 23.9 Å². The van der Waals surface area contributed by atoms with Crippen molar-refractivity contribution in [3.05, 3.63) is 29.8 Å². The molecule has 1 aromatic carbocycles. The first-order valence-electron chi connectivity index (χ1n) is 10.4. The van der Waals surface area contributed by atoms with E-state index in [2.05, 4.69) is 41.2 Å². The highest BCUT2D eigenvalue weighted by Gasteiger charge is 2.30. The number of carboxylic acid groups (broad SMARTS) is 1. The maximum atomic E-state index is 13.0. The molecule has 0 spiro atoms. The van der Waals surface area contributed by atoms with Crippen molar-refractivity contribution < 1.29 is 29.4 Å². The van der Waals surface area contributed by atoms with Crippen LogP contribution >= 0.6 is 25.3 Å². The average molecular weight is 501 g/mol. The van der Waals surface area contributed by atoms with E-state index in [1.54, 1.807) is 12.1 Å². The molecule has 1 aromatic rings. The second-order valence-electron chi connectivity index (χ2n) is 7.99. The first kappa shape index (κ1) is 28.6. The molecule has 33 heavy (non-hydrogen) atoms. The fraction of sp³-hybridized carbons (Fsp3) is 0.524. The van der Waals surface area contributed by atoms with E-state index in [4.69, 9.17) is 5.73 Å². The number of carbonyl (C=O) groups is 4. The number of aromatic hydroxyl groups is 1. The lowest BCUT2D eigenvalue weighted by molar-refractivity contribution is -0.141. The van der Waals surface area contributed by atoms with Gasteiger partial charge in [0, 0.05) is 17.9 Å². The van der Waals surface area contributed by atoms with Crippen molar-refractivity contribution in [2.24, 2.45) is 11.7 Å². The van der Waals surface area contributed by atoms with E-state index in [0.717, 1.165) is 0 Å². The Morgan fingerprint density at radius 1 is 0.879 bits per heavy atom. The van der Waals surface area contributed by atoms with Crippen molar-refractivity contribution in [1.29, 1.82) is 0 Å². The molecule has 0 heterocycles. The molecular formula is C21H32N4O6S2. The quantitative estimate of drug-likeness (QED) is 0.172. The molecule has 0 aliphatic carbocycles. The van der Waals surface area contributed by atoms with Gasteiger partial charge in [0.2, 0.25) is 17.7 Å². The summed E-state index contributed by atoms with van der Waals surface area (Å²) >= 11 is 7.93. The summed E-state index contributed by atoms with van der Waals surface area (Å²) in [4.78, 5) is 49.4. The summed E-state index contributed by atoms with van der Waals surface area (Å²) in [5, 5.41) is 26.3. The third-order valence-corrected chi connectivity index (χ3v) is 5.44. The van der Waals surface area contributed by atoms with Crippen LogP contribution < -0.4 is 21.7 Å². The molecular weight excluding hydrogens is 468 g/mol. The van der Waals surface area contributed by atoms with Gasteiger partial charge in [-0.2, -0.15) is 25.3 Å². The van der Waals surface area contributed by atoms with Crippen molar-refractivity contribution in [1.82, 2.24) is 16.0 Å². The largest absolute Gasteiger partial charge is 0.508 e. The molecule has 4 atom stereocenters. The molecule has 0 radical (unpaired) electrons. The highest BCUT2D eigenvalue weighted by atomic mass is 32.1. The normalized spacial score (nSPS) is 14.6. The third-order valence-electron chi connectivity index (χ3n) is 4.68. The van der Waals surface area contributed by atoms with Crippen LogP contribution in [0.2, 0.25) is 0 Å². The standard InChI is InChI=1S/C21H32N4O6S2/c1-11(2)7-15(23-18(27)14(22)9-32)19(28)24-16(8-12-3-5-13(26)6-4-12)20(29)25-17(10-33)21(30)31/h3-6,11,14-17,26,32-33H,7-10,22H2,1-2H3,(H,23,27)(H,24,28)(H,25,29)(H,30,31). The Hall–Kier alpha value is -2.44. The molecule has 0 aromatic heterocycles. The van der Waals surface area contributed by atoms with Gasteiger partial charge in [0.15, 0.2) is 0 Å². The number of hydrogen-bond acceptors (Lipinski definition) is 8. The van der Waals surface area contributed by atoms with Crippen molar-refractivity contribution in [3.8, 4) is 5.75 Å². The van der Waals surface area contributed by atoms with Gasteiger partial charge >= 0.3 is 5.97 Å². The summed E-state index contributed by atoms with van der Waals surface area (Å²) in [6.07, 6.45) is 0.314. The number of carboxylic acids is 1. The minimum absolute atomic E-state index is 0.0231. The molecule has 0 fully saturated rings. The molecule has 1 rings (SSSR count). The Morgan fingerprint density at radius 3 is 1.88 bits per heavy atom. The van der Waals surface area contributed by atoms with Gasteiger partial charge in [-0.3, -0.25) is 14.4 Å². The van der Waals surface area contributed by atoms with Crippen molar-refractivity contribution in [2.45, 2.75) is 50.9 Å². The number of nitrogens with two attached hydrogens (primary N) is 1. The molecule has 4 unspecified atom stereocenters. The Morgan fingerprint density at radius 2 is 1.39 bits per heavy atom. The predicted molar refractivity (Wildman–Crippen MR) is 130 cm³/mol. The topological polar surface area (TPSA) is 171 Å². The Labute approximate surface area is 203 Å². The van der Waals surface area contributed by atoms with E-state index in [1.165, 1.54) is 12.1 Å². The Kier molecular flexibility index (Phi) is 12.1. The fourth-order valence-electron chi connectivity index (χ4n) is 2.87. The number of amides is 3. The maximum Gasteiger partial charge on any atom is 0.327 e. The lowest BCUT2D eigenvalue weighted by Crippen LogP contribution is -2.58. The zero-order valence-corrected chi connectivity index (χ0v) is 20.3. The van der Waals surface area contributed by atoms with E-state index >= 15 is 0 Å². The van der Waals surface area contributed by atoms with Gasteiger partial charge in [-0.15, -0.1) is 0 Å². The average Bonchev–Trinajstić information content (AvgIpc) is 2.76. The Bertz CT molecular complexity index is 821. The molecule has 0 aliphatic rings. The van der Waals surface area contributed by atoms with Crippen LogP contribution in [0, 0.1) is 5.92 Å². The van der Waals surface area contributed by atoms with Crippen LogP contribution in [0.1, 0.15) is 25.8 Å². The maximum absolute atomic E-state index is 13.0. The van der Waals surface area contributed by atoms with Gasteiger partial charge in [-0.1, -0.05) is 26.0 Å². The predicted octanol–water partition coefficient (Wildman–Crippen LogP) is -0.293. The summed E-state index contributed by atoms with van der Waals surface area (Å²) in [7, 11) is 0. The lowest BCUT2D eigenvalue weighted by atomic mass is 10.0. The van der Waals surface area contributed by atoms with E-state index in [0.29, 0.717) is 12.0 Å². The van der Waals surface area contributed by atoms with E-state index in [1.807, 2.05) is 13.8 Å². The van der Waals surface area contributed by atoms with Crippen LogP contribution in [0.25, 0.3) is 0 Å². The molecule has 0 aliphatic heterocycles. The second-order valence-corrected chi connectivity index (χ2v) is 8.72. The first-order valence-corrected chi connectivity index (χ1v) is 11.6. The highest BCUT2D eigenvalue weighted by molar-refractivity contribution is 7.80. The van der Waals surface area contributed by atoms with Gasteiger partial charge in [0.25, 0.3) is 0 Å². The number of nitrogens with one attached hydrogen (secondary N) is 3. The van der Waals surface area contributed by atoms with Gasteiger partial charge < -0.3 is 31.9 Å². The number of phenols is 1. The highest BCUT2D eigenvalue weighted by Crippen LogP contribution is 2.12. The molecule has 0 bridgehead atoms. The van der Waals surface area contributed by atoms with Crippen molar-refractivity contribution in [2.75, 3.05) is 11.5 Å². The smallest absolute Gasteiger partial charge is 0.327 e. The molecule has 184 valence electrons. The molecule has 12 heteroatoms. The van der Waals surface area contributed by atoms with Gasteiger partial charge in [-0.05, 0) is 30.0 Å². The first-order chi connectivity index (χ1) is 15.5. The molecule has 10 nitrogen and oxygen atoms in total. The monoisotopic (exact) mass is 500 g/mol. The van der Waals surface area contributed by atoms with Gasteiger partial charge in [-0.25, -0.2) is 4.79 Å². The zero-order chi connectivity index (χ0) is 25.1. The number of benzene rings is 1. The van der Waals surface area contributed by atoms with E-state index in [-0.39, 0.29) is 29.6 Å². The number of carbonyl (C=O) groups excluding carboxylic acids is 3. The molecule has 7 N–H and O–H groups in total. The fourth-order valence-corrected chi connectivity index (χ4v) is 3.28. The minimum atomic E-state index is -1.27. The molecule has 0 saturated heterocycles. The number of thiol groups is 2. The van der Waals surface area contributed by atoms with Crippen molar-refractivity contribution >= 4 is 48.9 Å². The molecule has 0 saturated carbocycles.